The van der Waals surface area contributed by atoms with E-state index < -0.39 is 12.0 Å². The number of esters is 1. The monoisotopic (exact) mass is 484 g/mol. The first-order valence-corrected chi connectivity index (χ1v) is 10.4. The quantitative estimate of drug-likeness (QED) is 0.180. The predicted octanol–water partition coefficient (Wildman–Crippen LogP) is 2.30. The number of fused-ring (bicyclic) bond motifs is 1. The molecule has 12 nitrogen and oxygen atoms in total. The zero-order valence-electron chi connectivity index (χ0n) is 19.2. The molecule has 1 aromatic heterocycles. The summed E-state index contributed by atoms with van der Waals surface area (Å²) < 4.78 is 16.1. The number of aromatic nitrogens is 1. The number of hydrogen-bond acceptors (Lipinski definition) is 12. The molecule has 36 heavy (non-hydrogen) atoms. The van der Waals surface area contributed by atoms with Crippen LogP contribution in [0.5, 0.6) is 17.2 Å². The SMILES string of the molecule is COc1ccc(C(=O)Oc2ccc(C3N=C(NC#N)Nc4nc(N)c(C#N)c(N)c43)cc2OC)cc1. The first-order valence-electron chi connectivity index (χ1n) is 10.4. The van der Waals surface area contributed by atoms with Gasteiger partial charge in [-0.25, -0.2) is 14.8 Å². The topological polar surface area (TPSA) is 194 Å². The Hall–Kier alpha value is -5.49. The molecule has 0 bridgehead atoms. The van der Waals surface area contributed by atoms with E-state index in [4.69, 9.17) is 30.9 Å². The molecule has 180 valence electrons. The number of nitrogens with zero attached hydrogens (tertiary/aromatic N) is 4. The maximum Gasteiger partial charge on any atom is 0.343 e. The minimum absolute atomic E-state index is 0.0180. The maximum absolute atomic E-state index is 12.6. The van der Waals surface area contributed by atoms with E-state index in [-0.39, 0.29) is 40.3 Å². The number of carbonyl (C=O) groups excluding carboxylic acids is 1. The van der Waals surface area contributed by atoms with E-state index in [0.717, 1.165) is 0 Å². The predicted molar refractivity (Wildman–Crippen MR) is 130 cm³/mol. The zero-order chi connectivity index (χ0) is 25.8. The smallest absolute Gasteiger partial charge is 0.343 e. The lowest BCUT2D eigenvalue weighted by Gasteiger charge is -2.26. The van der Waals surface area contributed by atoms with Gasteiger partial charge in [-0.1, -0.05) is 6.07 Å². The Kier molecular flexibility index (Phi) is 6.43. The molecule has 0 spiro atoms. The molecule has 0 fully saturated rings. The second-order valence-electron chi connectivity index (χ2n) is 7.43. The molecule has 1 atom stereocenters. The Morgan fingerprint density at radius 2 is 1.83 bits per heavy atom. The number of nitrogen functional groups attached to an aromatic ring is 2. The normalized spacial score (nSPS) is 13.7. The summed E-state index contributed by atoms with van der Waals surface area (Å²) in [6.07, 6.45) is 1.79. The molecule has 0 aliphatic carbocycles. The van der Waals surface area contributed by atoms with Gasteiger partial charge in [0.15, 0.2) is 17.7 Å². The summed E-state index contributed by atoms with van der Waals surface area (Å²) in [6, 6.07) is 12.5. The molecule has 1 aliphatic rings. The van der Waals surface area contributed by atoms with Gasteiger partial charge in [0.25, 0.3) is 0 Å². The summed E-state index contributed by atoms with van der Waals surface area (Å²) in [4.78, 5) is 21.4. The lowest BCUT2D eigenvalue weighted by atomic mass is 9.95. The van der Waals surface area contributed by atoms with Crippen molar-refractivity contribution in [3.8, 4) is 29.5 Å². The largest absolute Gasteiger partial charge is 0.497 e. The van der Waals surface area contributed by atoms with E-state index in [0.29, 0.717) is 22.4 Å². The van der Waals surface area contributed by atoms with Gasteiger partial charge in [0.05, 0.1) is 25.5 Å². The first-order chi connectivity index (χ1) is 17.4. The fraction of sp³-hybridized carbons (Fsp3) is 0.125. The van der Waals surface area contributed by atoms with Gasteiger partial charge >= 0.3 is 5.97 Å². The van der Waals surface area contributed by atoms with E-state index in [1.54, 1.807) is 48.7 Å². The highest BCUT2D eigenvalue weighted by Gasteiger charge is 2.30. The molecule has 2 heterocycles. The molecule has 0 saturated carbocycles. The average Bonchev–Trinajstić information content (AvgIpc) is 2.88. The van der Waals surface area contributed by atoms with Crippen molar-refractivity contribution < 1.29 is 19.0 Å². The van der Waals surface area contributed by atoms with Crippen LogP contribution in [0.15, 0.2) is 47.5 Å². The van der Waals surface area contributed by atoms with Crippen molar-refractivity contribution in [2.45, 2.75) is 6.04 Å². The second kappa shape index (κ2) is 9.79. The summed E-state index contributed by atoms with van der Waals surface area (Å²) in [5.74, 6) is 0.750. The third-order valence-corrected chi connectivity index (χ3v) is 5.39. The fourth-order valence-corrected chi connectivity index (χ4v) is 3.65. The van der Waals surface area contributed by atoms with Crippen LogP contribution >= 0.6 is 0 Å². The van der Waals surface area contributed by atoms with E-state index in [1.807, 2.05) is 6.07 Å². The van der Waals surface area contributed by atoms with Gasteiger partial charge in [0.1, 0.15) is 35.1 Å². The van der Waals surface area contributed by atoms with E-state index in [2.05, 4.69) is 20.6 Å². The highest BCUT2D eigenvalue weighted by atomic mass is 16.6. The summed E-state index contributed by atoms with van der Waals surface area (Å²) in [7, 11) is 2.96. The lowest BCUT2D eigenvalue weighted by molar-refractivity contribution is 0.0729. The number of benzene rings is 2. The Morgan fingerprint density at radius 1 is 1.08 bits per heavy atom. The molecule has 6 N–H and O–H groups in total. The number of pyridine rings is 1. The Labute approximate surface area is 205 Å². The molecule has 4 rings (SSSR count). The van der Waals surface area contributed by atoms with Crippen LogP contribution < -0.4 is 36.3 Å². The van der Waals surface area contributed by atoms with E-state index in [9.17, 15) is 10.1 Å². The minimum atomic E-state index is -0.780. The molecule has 3 aromatic rings. The first kappa shape index (κ1) is 23.7. The van der Waals surface area contributed by atoms with Crippen LogP contribution in [0.25, 0.3) is 0 Å². The summed E-state index contributed by atoms with van der Waals surface area (Å²) in [5.41, 5.74) is 13.6. The molecule has 0 saturated heterocycles. The van der Waals surface area contributed by atoms with Crippen molar-refractivity contribution in [2.75, 3.05) is 31.0 Å². The molecule has 0 amide bonds. The van der Waals surface area contributed by atoms with Crippen molar-refractivity contribution in [1.29, 1.82) is 10.5 Å². The number of nitrogens with one attached hydrogen (secondary N) is 2. The van der Waals surface area contributed by atoms with Crippen molar-refractivity contribution in [3.63, 3.8) is 0 Å². The van der Waals surface area contributed by atoms with E-state index in [1.165, 1.54) is 14.2 Å². The number of aliphatic imine (C=N–C) groups is 1. The van der Waals surface area contributed by atoms with Gasteiger partial charge in [-0.05, 0) is 42.0 Å². The number of nitrogens with two attached hydrogens (primary N) is 2. The molecule has 12 heteroatoms. The maximum atomic E-state index is 12.6. The van der Waals surface area contributed by atoms with Crippen molar-refractivity contribution in [1.82, 2.24) is 10.3 Å². The Balaban J connectivity index is 1.73. The molecule has 1 aliphatic heterocycles. The fourth-order valence-electron chi connectivity index (χ4n) is 3.65. The van der Waals surface area contributed by atoms with Gasteiger partial charge in [-0.2, -0.15) is 10.5 Å². The molecule has 0 radical (unpaired) electrons. The summed E-state index contributed by atoms with van der Waals surface area (Å²) in [5, 5.41) is 23.8. The van der Waals surface area contributed by atoms with Crippen LogP contribution in [0.2, 0.25) is 0 Å². The third-order valence-electron chi connectivity index (χ3n) is 5.39. The van der Waals surface area contributed by atoms with Crippen molar-refractivity contribution in [3.05, 3.63) is 64.7 Å². The number of rotatable bonds is 5. The number of guanidine groups is 1. The van der Waals surface area contributed by atoms with Crippen LogP contribution in [-0.2, 0) is 0 Å². The number of ether oxygens (including phenoxy) is 3. The highest BCUT2D eigenvalue weighted by Crippen LogP contribution is 2.42. The molecular formula is C24H20N8O4. The summed E-state index contributed by atoms with van der Waals surface area (Å²) >= 11 is 0. The third kappa shape index (κ3) is 4.34. The van der Waals surface area contributed by atoms with Gasteiger partial charge in [0.2, 0.25) is 5.96 Å². The van der Waals surface area contributed by atoms with Crippen LogP contribution in [0.4, 0.5) is 17.3 Å². The molecule has 1 unspecified atom stereocenters. The molecule has 2 aromatic carbocycles. The van der Waals surface area contributed by atoms with Gasteiger partial charge in [-0.15, -0.1) is 0 Å². The van der Waals surface area contributed by atoms with Crippen LogP contribution in [0.1, 0.15) is 33.1 Å². The number of carbonyl (C=O) groups is 1. The van der Waals surface area contributed by atoms with Gasteiger partial charge < -0.3 is 31.0 Å². The number of nitriles is 2. The van der Waals surface area contributed by atoms with Gasteiger partial charge in [-0.3, -0.25) is 5.32 Å². The van der Waals surface area contributed by atoms with Gasteiger partial charge in [0, 0.05) is 5.56 Å². The lowest BCUT2D eigenvalue weighted by Crippen LogP contribution is -2.32. The average molecular weight is 484 g/mol. The van der Waals surface area contributed by atoms with Crippen molar-refractivity contribution >= 4 is 29.3 Å². The van der Waals surface area contributed by atoms with E-state index >= 15 is 0 Å². The number of anilines is 3. The summed E-state index contributed by atoms with van der Waals surface area (Å²) in [6.45, 7) is 0. The number of hydrogen-bond donors (Lipinski definition) is 4. The standard InChI is InChI=1S/C24H20N8O4/c1-34-14-6-3-12(4-7-14)23(33)36-16-8-5-13(9-17(16)35-2)20-18-19(27)15(10-25)21(28)31-22(18)32-24(30-20)29-11-26/h3-9,20H,1-2H3,(H6,27,28,29,30,31,32). The van der Waals surface area contributed by atoms with Crippen LogP contribution in [0, 0.1) is 22.8 Å². The van der Waals surface area contributed by atoms with Crippen LogP contribution in [0.3, 0.4) is 0 Å². The van der Waals surface area contributed by atoms with Crippen molar-refractivity contribution in [2.24, 2.45) is 4.99 Å². The Morgan fingerprint density at radius 3 is 2.47 bits per heavy atom. The highest BCUT2D eigenvalue weighted by molar-refractivity contribution is 5.98. The zero-order valence-corrected chi connectivity index (χ0v) is 19.2. The number of methoxy groups -OCH3 is 2. The minimum Gasteiger partial charge on any atom is -0.497 e. The molecular weight excluding hydrogens is 464 g/mol. The second-order valence-corrected chi connectivity index (χ2v) is 7.43. The van der Waals surface area contributed by atoms with Crippen LogP contribution in [-0.4, -0.2) is 31.1 Å². The Bertz CT molecular complexity index is 1450.